The molecule has 0 unspecified atom stereocenters. The molecule has 2 amide bonds. The highest BCUT2D eigenvalue weighted by Gasteiger charge is 2.10. The van der Waals surface area contributed by atoms with Crippen LogP contribution < -0.4 is 10.9 Å². The van der Waals surface area contributed by atoms with E-state index < -0.39 is 24.4 Å². The molecule has 0 radical (unpaired) electrons. The van der Waals surface area contributed by atoms with Crippen LogP contribution in [-0.4, -0.2) is 24.4 Å². The Morgan fingerprint density at radius 1 is 1.21 bits per heavy atom. The topological polar surface area (TPSA) is 84.5 Å². The summed E-state index contributed by atoms with van der Waals surface area (Å²) in [6.07, 6.45) is -0.0207. The van der Waals surface area contributed by atoms with Crippen LogP contribution >= 0.6 is 11.6 Å². The first-order valence-electron chi connectivity index (χ1n) is 5.43. The van der Waals surface area contributed by atoms with Gasteiger partial charge in [-0.15, -0.1) is 0 Å². The number of hydrazine groups is 1. The molecule has 0 aliphatic carbocycles. The van der Waals surface area contributed by atoms with Crippen molar-refractivity contribution >= 4 is 29.4 Å². The number of hydrogen-bond acceptors (Lipinski definition) is 4. The van der Waals surface area contributed by atoms with E-state index in [0.29, 0.717) is 10.6 Å². The van der Waals surface area contributed by atoms with E-state index in [1.165, 1.54) is 6.92 Å². The summed E-state index contributed by atoms with van der Waals surface area (Å²) in [6, 6.07) is 6.85. The molecular weight excluding hydrogens is 272 g/mol. The predicted molar refractivity (Wildman–Crippen MR) is 68.1 cm³/mol. The van der Waals surface area contributed by atoms with Crippen molar-refractivity contribution < 1.29 is 19.1 Å². The number of carbonyl (C=O) groups is 3. The Morgan fingerprint density at radius 3 is 2.53 bits per heavy atom. The molecule has 0 spiro atoms. The number of carbonyl (C=O) groups excluding carboxylic acids is 3. The van der Waals surface area contributed by atoms with Gasteiger partial charge in [-0.3, -0.25) is 25.2 Å². The Kier molecular flexibility index (Phi) is 5.81. The van der Waals surface area contributed by atoms with Gasteiger partial charge in [-0.2, -0.15) is 0 Å². The predicted octanol–water partition coefficient (Wildman–Crippen LogP) is 0.593. The summed E-state index contributed by atoms with van der Waals surface area (Å²) in [5, 5.41) is 0.460. The zero-order chi connectivity index (χ0) is 14.3. The fraction of sp³-hybridized carbons (Fsp3) is 0.250. The molecule has 1 rings (SSSR count). The molecule has 102 valence electrons. The van der Waals surface area contributed by atoms with E-state index in [2.05, 4.69) is 10.9 Å². The number of nitrogens with one attached hydrogen (secondary N) is 2. The maximum Gasteiger partial charge on any atom is 0.310 e. The van der Waals surface area contributed by atoms with E-state index in [1.54, 1.807) is 24.3 Å². The van der Waals surface area contributed by atoms with Crippen molar-refractivity contribution in [1.82, 2.24) is 10.9 Å². The molecule has 1 aromatic rings. The highest BCUT2D eigenvalue weighted by molar-refractivity contribution is 6.31. The van der Waals surface area contributed by atoms with Crippen LogP contribution in [0.4, 0.5) is 0 Å². The van der Waals surface area contributed by atoms with Gasteiger partial charge in [-0.1, -0.05) is 29.8 Å². The minimum absolute atomic E-state index is 0.0207. The molecule has 0 saturated heterocycles. The van der Waals surface area contributed by atoms with Crippen LogP contribution in [0.3, 0.4) is 0 Å². The molecule has 0 aliphatic rings. The van der Waals surface area contributed by atoms with Crippen LogP contribution in [0.1, 0.15) is 12.5 Å². The molecule has 0 atom stereocenters. The van der Waals surface area contributed by atoms with E-state index in [1.807, 2.05) is 0 Å². The van der Waals surface area contributed by atoms with Crippen molar-refractivity contribution in [3.63, 3.8) is 0 Å². The Hall–Kier alpha value is -2.08. The third-order valence-corrected chi connectivity index (χ3v) is 2.40. The summed E-state index contributed by atoms with van der Waals surface area (Å²) in [5.74, 6) is -1.62. The second-order valence-corrected chi connectivity index (χ2v) is 4.07. The average Bonchev–Trinajstić information content (AvgIpc) is 2.36. The second-order valence-electron chi connectivity index (χ2n) is 3.66. The van der Waals surface area contributed by atoms with Crippen molar-refractivity contribution in [3.05, 3.63) is 34.9 Å². The van der Waals surface area contributed by atoms with Crippen LogP contribution in [0.5, 0.6) is 0 Å². The first-order chi connectivity index (χ1) is 8.99. The maximum atomic E-state index is 11.5. The number of amides is 2. The van der Waals surface area contributed by atoms with E-state index >= 15 is 0 Å². The van der Waals surface area contributed by atoms with Crippen LogP contribution in [-0.2, 0) is 25.5 Å². The smallest absolute Gasteiger partial charge is 0.310 e. The Bertz CT molecular complexity index is 490. The molecule has 7 heteroatoms. The van der Waals surface area contributed by atoms with E-state index in [4.69, 9.17) is 16.3 Å². The Morgan fingerprint density at radius 2 is 1.89 bits per heavy atom. The lowest BCUT2D eigenvalue weighted by molar-refractivity contribution is -0.148. The maximum absolute atomic E-state index is 11.5. The fourth-order valence-electron chi connectivity index (χ4n) is 1.19. The second kappa shape index (κ2) is 7.38. The molecule has 0 aromatic heterocycles. The number of ether oxygens (including phenoxy) is 1. The van der Waals surface area contributed by atoms with Crippen LogP contribution in [0.15, 0.2) is 24.3 Å². The first-order valence-corrected chi connectivity index (χ1v) is 5.81. The van der Waals surface area contributed by atoms with Gasteiger partial charge in [-0.25, -0.2) is 0 Å². The lowest BCUT2D eigenvalue weighted by atomic mass is 10.1. The van der Waals surface area contributed by atoms with Crippen molar-refractivity contribution in [2.24, 2.45) is 0 Å². The van der Waals surface area contributed by atoms with Crippen molar-refractivity contribution in [1.29, 1.82) is 0 Å². The van der Waals surface area contributed by atoms with Gasteiger partial charge in [-0.05, 0) is 11.6 Å². The molecule has 1 aromatic carbocycles. The Labute approximate surface area is 115 Å². The van der Waals surface area contributed by atoms with Gasteiger partial charge in [0.05, 0.1) is 6.42 Å². The lowest BCUT2D eigenvalue weighted by Gasteiger charge is -2.07. The van der Waals surface area contributed by atoms with Crippen LogP contribution in [0.2, 0.25) is 5.02 Å². The van der Waals surface area contributed by atoms with E-state index in [9.17, 15) is 14.4 Å². The minimum atomic E-state index is -0.622. The number of halogens is 1. The molecule has 2 N–H and O–H groups in total. The number of hydrogen-bond donors (Lipinski definition) is 2. The summed E-state index contributed by atoms with van der Waals surface area (Å²) in [7, 11) is 0. The summed E-state index contributed by atoms with van der Waals surface area (Å²) < 4.78 is 4.73. The monoisotopic (exact) mass is 284 g/mol. The molecule has 0 saturated carbocycles. The molecule has 6 nitrogen and oxygen atoms in total. The van der Waals surface area contributed by atoms with Crippen molar-refractivity contribution in [2.45, 2.75) is 13.3 Å². The standard InChI is InChI=1S/C12H13ClN2O4/c1-8(16)14-15-11(17)7-19-12(18)6-9-4-2-3-5-10(9)13/h2-5H,6-7H2,1H3,(H,14,16)(H,15,17). The minimum Gasteiger partial charge on any atom is -0.455 e. The first kappa shape index (κ1) is 15.0. The quantitative estimate of drug-likeness (QED) is 0.626. The van der Waals surface area contributed by atoms with Gasteiger partial charge in [0.2, 0.25) is 5.91 Å². The molecule has 0 fully saturated rings. The fourth-order valence-corrected chi connectivity index (χ4v) is 1.39. The highest BCUT2D eigenvalue weighted by atomic mass is 35.5. The molecule has 0 heterocycles. The van der Waals surface area contributed by atoms with Gasteiger partial charge in [0.15, 0.2) is 6.61 Å². The summed E-state index contributed by atoms with van der Waals surface area (Å²) >= 11 is 5.88. The molecule has 19 heavy (non-hydrogen) atoms. The molecule has 0 bridgehead atoms. The van der Waals surface area contributed by atoms with Crippen molar-refractivity contribution in [2.75, 3.05) is 6.61 Å². The van der Waals surface area contributed by atoms with Crippen LogP contribution in [0, 0.1) is 0 Å². The van der Waals surface area contributed by atoms with Gasteiger partial charge >= 0.3 is 5.97 Å². The SMILES string of the molecule is CC(=O)NNC(=O)COC(=O)Cc1ccccc1Cl. The average molecular weight is 285 g/mol. The molecular formula is C12H13ClN2O4. The van der Waals surface area contributed by atoms with Gasteiger partial charge < -0.3 is 4.74 Å². The highest BCUT2D eigenvalue weighted by Crippen LogP contribution is 2.15. The van der Waals surface area contributed by atoms with Gasteiger partial charge in [0, 0.05) is 11.9 Å². The summed E-state index contributed by atoms with van der Waals surface area (Å²) in [6.45, 7) is 0.771. The molecule has 0 aliphatic heterocycles. The third kappa shape index (κ3) is 5.87. The third-order valence-electron chi connectivity index (χ3n) is 2.03. The number of esters is 1. The summed E-state index contributed by atoms with van der Waals surface area (Å²) in [5.41, 5.74) is 4.77. The summed E-state index contributed by atoms with van der Waals surface area (Å²) in [4.78, 5) is 33.1. The largest absolute Gasteiger partial charge is 0.455 e. The number of benzene rings is 1. The normalized spacial score (nSPS) is 9.58. The van der Waals surface area contributed by atoms with Crippen molar-refractivity contribution in [3.8, 4) is 0 Å². The van der Waals surface area contributed by atoms with E-state index in [-0.39, 0.29) is 6.42 Å². The van der Waals surface area contributed by atoms with Crippen LogP contribution in [0.25, 0.3) is 0 Å². The van der Waals surface area contributed by atoms with E-state index in [0.717, 1.165) is 0 Å². The lowest BCUT2D eigenvalue weighted by Crippen LogP contribution is -2.42. The Balaban J connectivity index is 2.34. The van der Waals surface area contributed by atoms with Gasteiger partial charge in [0.25, 0.3) is 5.91 Å². The number of rotatable bonds is 4. The zero-order valence-corrected chi connectivity index (χ0v) is 11.0. The zero-order valence-electron chi connectivity index (χ0n) is 10.2. The van der Waals surface area contributed by atoms with Gasteiger partial charge in [0.1, 0.15) is 0 Å².